The van der Waals surface area contributed by atoms with Crippen LogP contribution in [0.5, 0.6) is 0 Å². The Balaban J connectivity index is 1.68. The molecule has 0 saturated carbocycles. The van der Waals surface area contributed by atoms with Crippen molar-refractivity contribution in [3.05, 3.63) is 83.7 Å². The minimum atomic E-state index is -0.692. The summed E-state index contributed by atoms with van der Waals surface area (Å²) in [5.74, 6) is -0.692. The summed E-state index contributed by atoms with van der Waals surface area (Å²) in [6.07, 6.45) is 1.69. The summed E-state index contributed by atoms with van der Waals surface area (Å²) in [5.41, 5.74) is 1.35. The van der Waals surface area contributed by atoms with Gasteiger partial charge in [0.05, 0.1) is 21.3 Å². The summed E-state index contributed by atoms with van der Waals surface area (Å²) in [4.78, 5) is 21.2. The topological polar surface area (TPSA) is 51.5 Å². The van der Waals surface area contributed by atoms with Gasteiger partial charge in [-0.25, -0.2) is 9.78 Å². The van der Waals surface area contributed by atoms with Crippen LogP contribution in [0.3, 0.4) is 0 Å². The van der Waals surface area contributed by atoms with Crippen molar-refractivity contribution >= 4 is 69.9 Å². The van der Waals surface area contributed by atoms with Crippen LogP contribution in [-0.2, 0) is 11.3 Å². The molecule has 0 aliphatic carbocycles. The zero-order chi connectivity index (χ0) is 19.4. The van der Waals surface area contributed by atoms with Gasteiger partial charge in [0.25, 0.3) is 0 Å². The van der Waals surface area contributed by atoms with E-state index in [0.29, 0.717) is 37.1 Å². The van der Waals surface area contributed by atoms with Crippen LogP contribution in [0.25, 0.3) is 0 Å². The maximum Gasteiger partial charge on any atom is 0.384 e. The average molecular weight is 460 g/mol. The molecule has 0 unspecified atom stereocenters. The molecule has 0 saturated heterocycles. The standard InChI is InChI=1S/C18H10Cl4N2O2S/c19-12-3-1-4-13(20)10(12)7-17-24-16(9-27-17)18(25)26-23-8-11-14(21)5-2-6-15(11)22/h1-6,8-9H,7H2. The highest BCUT2D eigenvalue weighted by atomic mass is 35.5. The van der Waals surface area contributed by atoms with E-state index in [2.05, 4.69) is 10.1 Å². The van der Waals surface area contributed by atoms with Gasteiger partial charge in [0.1, 0.15) is 0 Å². The van der Waals surface area contributed by atoms with Gasteiger partial charge in [-0.15, -0.1) is 11.3 Å². The Morgan fingerprint density at radius 3 is 2.26 bits per heavy atom. The van der Waals surface area contributed by atoms with Crippen LogP contribution in [-0.4, -0.2) is 17.2 Å². The molecule has 0 N–H and O–H groups in total. The number of benzene rings is 2. The summed E-state index contributed by atoms with van der Waals surface area (Å²) in [5, 5.41) is 7.78. The minimum Gasteiger partial charge on any atom is -0.311 e. The second kappa shape index (κ2) is 9.04. The zero-order valence-corrected chi connectivity index (χ0v) is 17.3. The quantitative estimate of drug-likeness (QED) is 0.247. The highest BCUT2D eigenvalue weighted by molar-refractivity contribution is 7.09. The van der Waals surface area contributed by atoms with Crippen LogP contribution in [0.1, 0.15) is 26.6 Å². The molecule has 0 bridgehead atoms. The van der Waals surface area contributed by atoms with Crippen LogP contribution in [0.15, 0.2) is 46.9 Å². The van der Waals surface area contributed by atoms with E-state index in [1.807, 2.05) is 0 Å². The summed E-state index contributed by atoms with van der Waals surface area (Å²) >= 11 is 25.7. The predicted octanol–water partition coefficient (Wildman–Crippen LogP) is 6.54. The lowest BCUT2D eigenvalue weighted by Crippen LogP contribution is -2.02. The summed E-state index contributed by atoms with van der Waals surface area (Å²) in [7, 11) is 0. The second-order valence-electron chi connectivity index (χ2n) is 5.25. The highest BCUT2D eigenvalue weighted by Gasteiger charge is 2.15. The molecule has 9 heteroatoms. The molecule has 0 aliphatic rings. The zero-order valence-electron chi connectivity index (χ0n) is 13.5. The maximum absolute atomic E-state index is 12.1. The molecule has 0 atom stereocenters. The van der Waals surface area contributed by atoms with E-state index >= 15 is 0 Å². The molecule has 2 aromatic carbocycles. The molecule has 1 heterocycles. The van der Waals surface area contributed by atoms with E-state index in [9.17, 15) is 4.79 Å². The molecule has 1 aromatic heterocycles. The fourth-order valence-electron chi connectivity index (χ4n) is 2.15. The van der Waals surface area contributed by atoms with Crippen molar-refractivity contribution in [3.8, 4) is 0 Å². The third kappa shape index (κ3) is 5.00. The number of thiazole rings is 1. The number of hydrogen-bond acceptors (Lipinski definition) is 5. The third-order valence-electron chi connectivity index (χ3n) is 3.47. The van der Waals surface area contributed by atoms with Gasteiger partial charge in [-0.3, -0.25) is 0 Å². The first-order valence-electron chi connectivity index (χ1n) is 7.51. The lowest BCUT2D eigenvalue weighted by atomic mass is 10.1. The average Bonchev–Trinajstić information content (AvgIpc) is 3.09. The van der Waals surface area contributed by atoms with Crippen LogP contribution in [0.2, 0.25) is 20.1 Å². The van der Waals surface area contributed by atoms with Gasteiger partial charge in [0.15, 0.2) is 5.69 Å². The SMILES string of the molecule is O=C(ON=Cc1c(Cl)cccc1Cl)c1csc(Cc2c(Cl)cccc2Cl)n1. The number of carbonyl (C=O) groups excluding carboxylic acids is 1. The van der Waals surface area contributed by atoms with E-state index in [1.54, 1.807) is 41.8 Å². The van der Waals surface area contributed by atoms with Crippen molar-refractivity contribution < 1.29 is 9.63 Å². The first-order chi connectivity index (χ1) is 13.0. The van der Waals surface area contributed by atoms with Crippen LogP contribution in [0.4, 0.5) is 0 Å². The highest BCUT2D eigenvalue weighted by Crippen LogP contribution is 2.28. The summed E-state index contributed by atoms with van der Waals surface area (Å²) in [6, 6.07) is 10.3. The molecule has 0 spiro atoms. The Kier molecular flexibility index (Phi) is 6.73. The first kappa shape index (κ1) is 20.1. The lowest BCUT2D eigenvalue weighted by molar-refractivity contribution is 0.0513. The van der Waals surface area contributed by atoms with Crippen LogP contribution in [0, 0.1) is 0 Å². The normalized spacial score (nSPS) is 11.1. The van der Waals surface area contributed by atoms with E-state index in [4.69, 9.17) is 51.2 Å². The van der Waals surface area contributed by atoms with Crippen molar-refractivity contribution in [1.82, 2.24) is 4.98 Å². The fraction of sp³-hybridized carbons (Fsp3) is 0.0556. The fourth-order valence-corrected chi connectivity index (χ4v) is 3.95. The van der Waals surface area contributed by atoms with Gasteiger partial charge in [-0.1, -0.05) is 63.7 Å². The first-order valence-corrected chi connectivity index (χ1v) is 9.91. The number of aromatic nitrogens is 1. The summed E-state index contributed by atoms with van der Waals surface area (Å²) in [6.45, 7) is 0. The van der Waals surface area contributed by atoms with Gasteiger partial charge < -0.3 is 4.84 Å². The maximum atomic E-state index is 12.1. The monoisotopic (exact) mass is 458 g/mol. The third-order valence-corrected chi connectivity index (χ3v) is 5.68. The Labute approximate surface area is 179 Å². The number of halogens is 4. The van der Waals surface area contributed by atoms with Crippen molar-refractivity contribution in [1.29, 1.82) is 0 Å². The van der Waals surface area contributed by atoms with Crippen molar-refractivity contribution in [2.75, 3.05) is 0 Å². The number of oxime groups is 1. The number of carbonyl (C=O) groups is 1. The van der Waals surface area contributed by atoms with Crippen LogP contribution >= 0.6 is 57.7 Å². The second-order valence-corrected chi connectivity index (χ2v) is 7.82. The molecule has 0 fully saturated rings. The van der Waals surface area contributed by atoms with E-state index in [1.165, 1.54) is 17.6 Å². The van der Waals surface area contributed by atoms with Gasteiger partial charge in [0.2, 0.25) is 0 Å². The molecule has 0 aliphatic heterocycles. The molecular formula is C18H10Cl4N2O2S. The molecule has 138 valence electrons. The number of nitrogens with zero attached hydrogens (tertiary/aromatic N) is 2. The van der Waals surface area contributed by atoms with E-state index in [0.717, 1.165) is 5.56 Å². The van der Waals surface area contributed by atoms with Crippen molar-refractivity contribution in [3.63, 3.8) is 0 Å². The summed E-state index contributed by atoms with van der Waals surface area (Å²) < 4.78 is 0. The Morgan fingerprint density at radius 1 is 1.04 bits per heavy atom. The molecular weight excluding hydrogens is 450 g/mol. The van der Waals surface area contributed by atoms with Gasteiger partial charge >= 0.3 is 5.97 Å². The predicted molar refractivity (Wildman–Crippen MR) is 111 cm³/mol. The van der Waals surface area contributed by atoms with Gasteiger partial charge in [-0.05, 0) is 29.8 Å². The number of rotatable bonds is 5. The Bertz CT molecular complexity index is 980. The number of hydrogen-bond donors (Lipinski definition) is 0. The molecule has 4 nitrogen and oxygen atoms in total. The lowest BCUT2D eigenvalue weighted by Gasteiger charge is -2.04. The Hall–Kier alpha value is -1.63. The van der Waals surface area contributed by atoms with Crippen LogP contribution < -0.4 is 0 Å². The smallest absolute Gasteiger partial charge is 0.311 e. The largest absolute Gasteiger partial charge is 0.384 e. The van der Waals surface area contributed by atoms with Crippen molar-refractivity contribution in [2.45, 2.75) is 6.42 Å². The van der Waals surface area contributed by atoms with Crippen molar-refractivity contribution in [2.24, 2.45) is 5.16 Å². The molecule has 0 amide bonds. The van der Waals surface area contributed by atoms with Gasteiger partial charge in [0, 0.05) is 27.4 Å². The van der Waals surface area contributed by atoms with Gasteiger partial charge in [-0.2, -0.15) is 0 Å². The molecule has 3 rings (SSSR count). The molecule has 27 heavy (non-hydrogen) atoms. The Morgan fingerprint density at radius 2 is 1.63 bits per heavy atom. The molecule has 3 aromatic rings. The minimum absolute atomic E-state index is 0.139. The molecule has 0 radical (unpaired) electrons. The van der Waals surface area contributed by atoms with E-state index in [-0.39, 0.29) is 5.69 Å². The van der Waals surface area contributed by atoms with E-state index < -0.39 is 5.97 Å².